The summed E-state index contributed by atoms with van der Waals surface area (Å²) >= 11 is 0. The minimum absolute atomic E-state index is 0.140. The molecule has 2 aliphatic heterocycles. The second-order valence-corrected chi connectivity index (χ2v) is 6.77. The number of carboxylic acids is 1. The van der Waals surface area contributed by atoms with Crippen LogP contribution in [0.15, 0.2) is 42.5 Å². The van der Waals surface area contributed by atoms with Gasteiger partial charge in [-0.3, -0.25) is 9.59 Å². The first-order valence-electron chi connectivity index (χ1n) is 8.53. The molecule has 2 aliphatic rings. The fraction of sp³-hybridized carbons (Fsp3) is 0.300. The van der Waals surface area contributed by atoms with Crippen molar-refractivity contribution >= 4 is 11.9 Å². The summed E-state index contributed by atoms with van der Waals surface area (Å²) < 4.78 is 10.8. The van der Waals surface area contributed by atoms with Crippen LogP contribution in [-0.4, -0.2) is 34.7 Å². The van der Waals surface area contributed by atoms with Crippen LogP contribution in [0.25, 0.3) is 0 Å². The van der Waals surface area contributed by atoms with E-state index in [9.17, 15) is 14.7 Å². The van der Waals surface area contributed by atoms with Crippen molar-refractivity contribution in [3.05, 3.63) is 59.2 Å². The maximum absolute atomic E-state index is 13.1. The smallest absolute Gasteiger partial charge is 0.313 e. The molecule has 1 N–H and O–H groups in total. The van der Waals surface area contributed by atoms with Crippen LogP contribution in [-0.2, 0) is 4.79 Å². The van der Waals surface area contributed by atoms with E-state index in [4.69, 9.17) is 9.47 Å². The number of carbonyl (C=O) groups excluding carboxylic acids is 1. The zero-order valence-electron chi connectivity index (χ0n) is 14.5. The third kappa shape index (κ3) is 2.41. The van der Waals surface area contributed by atoms with Gasteiger partial charge in [-0.05, 0) is 43.2 Å². The van der Waals surface area contributed by atoms with E-state index in [1.54, 1.807) is 41.3 Å². The highest BCUT2D eigenvalue weighted by Gasteiger charge is 2.45. The monoisotopic (exact) mass is 353 g/mol. The predicted molar refractivity (Wildman–Crippen MR) is 93.4 cm³/mol. The van der Waals surface area contributed by atoms with E-state index < -0.39 is 17.9 Å². The van der Waals surface area contributed by atoms with E-state index in [-0.39, 0.29) is 18.7 Å². The Bertz CT molecular complexity index is 892. The highest BCUT2D eigenvalue weighted by atomic mass is 16.7. The molecule has 134 valence electrons. The van der Waals surface area contributed by atoms with Crippen LogP contribution < -0.4 is 9.47 Å². The Hall–Kier alpha value is -3.02. The van der Waals surface area contributed by atoms with Crippen LogP contribution >= 0.6 is 0 Å². The largest absolute Gasteiger partial charge is 0.481 e. The molecule has 0 spiro atoms. The van der Waals surface area contributed by atoms with Gasteiger partial charge in [0, 0.05) is 11.6 Å². The molecular formula is C20H19NO5. The number of carbonyl (C=O) groups is 2. The fourth-order valence-corrected chi connectivity index (χ4v) is 3.83. The zero-order valence-corrected chi connectivity index (χ0v) is 14.5. The Balaban J connectivity index is 1.92. The lowest BCUT2D eigenvalue weighted by Gasteiger charge is -2.43. The van der Waals surface area contributed by atoms with E-state index in [0.717, 1.165) is 5.56 Å². The van der Waals surface area contributed by atoms with E-state index >= 15 is 0 Å². The van der Waals surface area contributed by atoms with E-state index in [0.29, 0.717) is 22.6 Å². The molecule has 2 aromatic carbocycles. The highest BCUT2D eigenvalue weighted by molar-refractivity contribution is 6.00. The number of hydrogen-bond acceptors (Lipinski definition) is 4. The maximum Gasteiger partial charge on any atom is 0.313 e. The summed E-state index contributed by atoms with van der Waals surface area (Å²) in [7, 11) is 0. The van der Waals surface area contributed by atoms with Crippen molar-refractivity contribution in [3.8, 4) is 11.5 Å². The number of nitrogens with zero attached hydrogens (tertiary/aromatic N) is 1. The molecule has 0 unspecified atom stereocenters. The van der Waals surface area contributed by atoms with Crippen molar-refractivity contribution in [1.29, 1.82) is 0 Å². The lowest BCUT2D eigenvalue weighted by molar-refractivity contribution is -0.140. The van der Waals surface area contributed by atoms with Crippen molar-refractivity contribution in [3.63, 3.8) is 0 Å². The molecule has 0 bridgehead atoms. The van der Waals surface area contributed by atoms with Crippen molar-refractivity contribution in [2.75, 3.05) is 6.79 Å². The molecule has 1 amide bonds. The van der Waals surface area contributed by atoms with Gasteiger partial charge in [-0.15, -0.1) is 0 Å². The summed E-state index contributed by atoms with van der Waals surface area (Å²) in [6, 6.07) is 11.5. The van der Waals surface area contributed by atoms with Crippen LogP contribution in [0.2, 0.25) is 0 Å². The highest BCUT2D eigenvalue weighted by Crippen LogP contribution is 2.46. The van der Waals surface area contributed by atoms with E-state index in [1.165, 1.54) is 0 Å². The van der Waals surface area contributed by atoms with Crippen LogP contribution in [0.3, 0.4) is 0 Å². The molecule has 0 aliphatic carbocycles. The lowest BCUT2D eigenvalue weighted by atomic mass is 9.79. The number of amides is 1. The molecular weight excluding hydrogens is 334 g/mol. The van der Waals surface area contributed by atoms with Crippen LogP contribution in [0.5, 0.6) is 11.5 Å². The van der Waals surface area contributed by atoms with Crippen molar-refractivity contribution in [1.82, 2.24) is 4.90 Å². The van der Waals surface area contributed by atoms with Crippen LogP contribution in [0, 0.1) is 0 Å². The Morgan fingerprint density at radius 3 is 2.62 bits per heavy atom. The molecule has 0 saturated carbocycles. The van der Waals surface area contributed by atoms with Crippen molar-refractivity contribution in [2.45, 2.75) is 31.8 Å². The third-order valence-electron chi connectivity index (χ3n) is 4.94. The zero-order chi connectivity index (χ0) is 18.4. The SMILES string of the molecule is CC(C)N1C(=O)c2ccccc2[C@@H](C(=O)O)[C@H]1c1ccc2c(c1)OCO2. The van der Waals surface area contributed by atoms with Gasteiger partial charge in [0.2, 0.25) is 6.79 Å². The number of aliphatic carboxylic acids is 1. The Morgan fingerprint density at radius 2 is 1.88 bits per heavy atom. The van der Waals surface area contributed by atoms with E-state index in [1.807, 2.05) is 19.9 Å². The van der Waals surface area contributed by atoms with Crippen LogP contribution in [0.1, 0.15) is 47.3 Å². The predicted octanol–water partition coefficient (Wildman–Crippen LogP) is 3.19. The van der Waals surface area contributed by atoms with Gasteiger partial charge in [-0.2, -0.15) is 0 Å². The van der Waals surface area contributed by atoms with Crippen molar-refractivity contribution in [2.24, 2.45) is 0 Å². The number of fused-ring (bicyclic) bond motifs is 2. The minimum atomic E-state index is -0.960. The van der Waals surface area contributed by atoms with Gasteiger partial charge in [0.25, 0.3) is 5.91 Å². The number of hydrogen-bond donors (Lipinski definition) is 1. The van der Waals surface area contributed by atoms with E-state index in [2.05, 4.69) is 0 Å². The van der Waals surface area contributed by atoms with Crippen molar-refractivity contribution < 1.29 is 24.2 Å². The number of benzene rings is 2. The molecule has 0 saturated heterocycles. The van der Waals surface area contributed by atoms with Gasteiger partial charge in [0.05, 0.1) is 6.04 Å². The topological polar surface area (TPSA) is 76.1 Å². The molecule has 6 nitrogen and oxygen atoms in total. The van der Waals surface area contributed by atoms with Gasteiger partial charge in [-0.25, -0.2) is 0 Å². The number of rotatable bonds is 3. The average Bonchev–Trinajstić information content (AvgIpc) is 3.08. The summed E-state index contributed by atoms with van der Waals surface area (Å²) in [4.78, 5) is 27.0. The standard InChI is InChI=1S/C20H19NO5/c1-11(2)21-18(12-7-8-15-16(9-12)26-10-25-15)17(20(23)24)13-5-3-4-6-14(13)19(21)22/h3-9,11,17-18H,10H2,1-2H3,(H,23,24)/t17-,18-/m1/s1. The first-order chi connectivity index (χ1) is 12.5. The molecule has 2 atom stereocenters. The average molecular weight is 353 g/mol. The molecule has 0 fully saturated rings. The Morgan fingerprint density at radius 1 is 1.15 bits per heavy atom. The van der Waals surface area contributed by atoms with Gasteiger partial charge < -0.3 is 19.5 Å². The minimum Gasteiger partial charge on any atom is -0.481 e. The van der Waals surface area contributed by atoms with Gasteiger partial charge in [0.15, 0.2) is 11.5 Å². The molecule has 6 heteroatoms. The summed E-state index contributed by atoms with van der Waals surface area (Å²) in [5, 5.41) is 10.0. The fourth-order valence-electron chi connectivity index (χ4n) is 3.83. The summed E-state index contributed by atoms with van der Waals surface area (Å²) in [6.07, 6.45) is 0. The molecule has 0 radical (unpaired) electrons. The molecule has 0 aromatic heterocycles. The molecule has 2 aromatic rings. The Labute approximate surface area is 151 Å². The summed E-state index contributed by atoms with van der Waals surface area (Å²) in [5.41, 5.74) is 1.72. The van der Waals surface area contributed by atoms with Gasteiger partial charge >= 0.3 is 5.97 Å². The lowest BCUT2D eigenvalue weighted by Crippen LogP contribution is -2.48. The Kier molecular flexibility index (Phi) is 3.83. The van der Waals surface area contributed by atoms with Crippen LogP contribution in [0.4, 0.5) is 0 Å². The van der Waals surface area contributed by atoms with Gasteiger partial charge in [0.1, 0.15) is 5.92 Å². The summed E-state index contributed by atoms with van der Waals surface area (Å²) in [5.74, 6) is -0.776. The van der Waals surface area contributed by atoms with Gasteiger partial charge in [-0.1, -0.05) is 24.3 Å². The first-order valence-corrected chi connectivity index (χ1v) is 8.53. The quantitative estimate of drug-likeness (QED) is 0.917. The first kappa shape index (κ1) is 16.4. The second kappa shape index (κ2) is 6.05. The summed E-state index contributed by atoms with van der Waals surface area (Å²) in [6.45, 7) is 3.93. The number of ether oxygens (including phenoxy) is 2. The maximum atomic E-state index is 13.1. The number of carboxylic acid groups (broad SMARTS) is 1. The molecule has 2 heterocycles. The molecule has 4 rings (SSSR count). The molecule has 26 heavy (non-hydrogen) atoms. The second-order valence-electron chi connectivity index (χ2n) is 6.77. The normalized spacial score (nSPS) is 21.0. The third-order valence-corrected chi connectivity index (χ3v) is 4.94.